The van der Waals surface area contributed by atoms with Gasteiger partial charge in [0.2, 0.25) is 5.91 Å². The van der Waals surface area contributed by atoms with Gasteiger partial charge in [0.05, 0.1) is 12.6 Å². The molecule has 1 heterocycles. The molecule has 0 bridgehead atoms. The number of carbonyl (C=O) groups is 2. The first-order chi connectivity index (χ1) is 9.00. The standard InChI is InChI=1S/C13H16FN3O2/c1-16-11(7-12(18)17(2)13(16)19)15-8-9-5-3-4-6-10(9)14/h3-6,11,15H,7-8H2,1-2H3. The monoisotopic (exact) mass is 265 g/mol. The molecule has 2 rings (SSSR count). The molecule has 1 aromatic rings. The zero-order chi connectivity index (χ0) is 14.0. The summed E-state index contributed by atoms with van der Waals surface area (Å²) in [6, 6.07) is 6.05. The summed E-state index contributed by atoms with van der Waals surface area (Å²) < 4.78 is 13.5. The molecule has 1 aliphatic heterocycles. The van der Waals surface area contributed by atoms with Crippen molar-refractivity contribution in [2.24, 2.45) is 0 Å². The third kappa shape index (κ3) is 2.73. The van der Waals surface area contributed by atoms with Gasteiger partial charge >= 0.3 is 6.03 Å². The summed E-state index contributed by atoms with van der Waals surface area (Å²) in [7, 11) is 3.07. The van der Waals surface area contributed by atoms with Gasteiger partial charge in [-0.2, -0.15) is 0 Å². The van der Waals surface area contributed by atoms with Gasteiger partial charge in [0.25, 0.3) is 0 Å². The number of rotatable bonds is 3. The van der Waals surface area contributed by atoms with E-state index in [1.54, 1.807) is 25.2 Å². The molecule has 0 saturated carbocycles. The molecule has 1 atom stereocenters. The second-order valence-corrected chi connectivity index (χ2v) is 4.54. The molecule has 0 radical (unpaired) electrons. The Labute approximate surface area is 111 Å². The first-order valence-corrected chi connectivity index (χ1v) is 6.01. The molecule has 1 aliphatic rings. The summed E-state index contributed by atoms with van der Waals surface area (Å²) in [5.41, 5.74) is 0.509. The van der Waals surface area contributed by atoms with E-state index in [4.69, 9.17) is 0 Å². The van der Waals surface area contributed by atoms with Crippen molar-refractivity contribution in [3.05, 3.63) is 35.6 Å². The molecule has 1 saturated heterocycles. The second-order valence-electron chi connectivity index (χ2n) is 4.54. The number of halogens is 1. The van der Waals surface area contributed by atoms with Crippen molar-refractivity contribution in [2.75, 3.05) is 14.1 Å². The van der Waals surface area contributed by atoms with Crippen LogP contribution in [0.15, 0.2) is 24.3 Å². The number of hydrogen-bond acceptors (Lipinski definition) is 3. The van der Waals surface area contributed by atoms with Crippen molar-refractivity contribution in [1.29, 1.82) is 0 Å². The van der Waals surface area contributed by atoms with E-state index in [0.29, 0.717) is 5.56 Å². The molecule has 6 heteroatoms. The van der Waals surface area contributed by atoms with Gasteiger partial charge in [-0.15, -0.1) is 0 Å². The maximum Gasteiger partial charge on any atom is 0.327 e. The van der Waals surface area contributed by atoms with E-state index >= 15 is 0 Å². The lowest BCUT2D eigenvalue weighted by Gasteiger charge is -2.36. The van der Waals surface area contributed by atoms with Crippen molar-refractivity contribution in [3.8, 4) is 0 Å². The van der Waals surface area contributed by atoms with Crippen molar-refractivity contribution >= 4 is 11.9 Å². The summed E-state index contributed by atoms with van der Waals surface area (Å²) in [4.78, 5) is 25.9. The minimum Gasteiger partial charge on any atom is -0.311 e. The Balaban J connectivity index is 2.02. The van der Waals surface area contributed by atoms with E-state index in [0.717, 1.165) is 4.90 Å². The number of nitrogens with zero attached hydrogens (tertiary/aromatic N) is 2. The number of carbonyl (C=O) groups excluding carboxylic acids is 2. The van der Waals surface area contributed by atoms with Crippen molar-refractivity contribution in [3.63, 3.8) is 0 Å². The van der Waals surface area contributed by atoms with Crippen LogP contribution in [0.4, 0.5) is 9.18 Å². The molecule has 19 heavy (non-hydrogen) atoms. The third-order valence-corrected chi connectivity index (χ3v) is 3.28. The zero-order valence-electron chi connectivity index (χ0n) is 10.9. The Morgan fingerprint density at radius 3 is 2.68 bits per heavy atom. The molecule has 5 nitrogen and oxygen atoms in total. The largest absolute Gasteiger partial charge is 0.327 e. The van der Waals surface area contributed by atoms with Crippen molar-refractivity contribution in [1.82, 2.24) is 15.1 Å². The van der Waals surface area contributed by atoms with Gasteiger partial charge in [-0.25, -0.2) is 9.18 Å². The average Bonchev–Trinajstić information content (AvgIpc) is 2.40. The summed E-state index contributed by atoms with van der Waals surface area (Å²) >= 11 is 0. The van der Waals surface area contributed by atoms with E-state index in [9.17, 15) is 14.0 Å². The topological polar surface area (TPSA) is 52.7 Å². The second kappa shape index (κ2) is 5.36. The van der Waals surface area contributed by atoms with Crippen LogP contribution in [0.1, 0.15) is 12.0 Å². The number of imide groups is 1. The number of amides is 3. The molecule has 0 aliphatic carbocycles. The van der Waals surface area contributed by atoms with Gasteiger partial charge < -0.3 is 4.90 Å². The van der Waals surface area contributed by atoms with Crippen molar-refractivity contribution < 1.29 is 14.0 Å². The molecule has 1 fully saturated rings. The Bertz CT molecular complexity index is 506. The van der Waals surface area contributed by atoms with Gasteiger partial charge in [-0.1, -0.05) is 18.2 Å². The molecule has 1 aromatic carbocycles. The summed E-state index contributed by atoms with van der Waals surface area (Å²) in [5, 5.41) is 3.03. The van der Waals surface area contributed by atoms with E-state index in [1.807, 2.05) is 0 Å². The Kier molecular flexibility index (Phi) is 3.80. The lowest BCUT2D eigenvalue weighted by molar-refractivity contribution is -0.131. The molecular formula is C13H16FN3O2. The Morgan fingerprint density at radius 1 is 1.32 bits per heavy atom. The Hall–Kier alpha value is -1.95. The maximum absolute atomic E-state index is 13.5. The van der Waals surface area contributed by atoms with Gasteiger partial charge in [-0.05, 0) is 6.07 Å². The average molecular weight is 265 g/mol. The smallest absolute Gasteiger partial charge is 0.311 e. The maximum atomic E-state index is 13.5. The molecule has 0 spiro atoms. The van der Waals surface area contributed by atoms with Crippen LogP contribution in [0, 0.1) is 5.82 Å². The lowest BCUT2D eigenvalue weighted by atomic mass is 10.2. The first kappa shape index (κ1) is 13.5. The Morgan fingerprint density at radius 2 is 2.00 bits per heavy atom. The van der Waals surface area contributed by atoms with Crippen LogP contribution in [0.3, 0.4) is 0 Å². The number of nitrogens with one attached hydrogen (secondary N) is 1. The van der Waals surface area contributed by atoms with Crippen LogP contribution in [-0.4, -0.2) is 42.0 Å². The minimum atomic E-state index is -0.407. The molecule has 1 unspecified atom stereocenters. The van der Waals surface area contributed by atoms with Crippen LogP contribution in [0.5, 0.6) is 0 Å². The molecule has 102 valence electrons. The molecular weight excluding hydrogens is 249 g/mol. The van der Waals surface area contributed by atoms with Gasteiger partial charge in [0.15, 0.2) is 0 Å². The fourth-order valence-electron chi connectivity index (χ4n) is 1.99. The van der Waals surface area contributed by atoms with E-state index < -0.39 is 6.17 Å². The van der Waals surface area contributed by atoms with Crippen LogP contribution in [0.2, 0.25) is 0 Å². The van der Waals surface area contributed by atoms with E-state index in [-0.39, 0.29) is 30.7 Å². The predicted octanol–water partition coefficient (Wildman–Crippen LogP) is 1.16. The fraction of sp³-hybridized carbons (Fsp3) is 0.385. The highest BCUT2D eigenvalue weighted by Crippen LogP contribution is 2.13. The first-order valence-electron chi connectivity index (χ1n) is 6.01. The SMILES string of the molecule is CN1C(=O)CC(NCc2ccccc2F)N(C)C1=O. The minimum absolute atomic E-state index is 0.188. The van der Waals surface area contributed by atoms with Crippen LogP contribution >= 0.6 is 0 Å². The fourth-order valence-corrected chi connectivity index (χ4v) is 1.99. The zero-order valence-corrected chi connectivity index (χ0v) is 10.9. The predicted molar refractivity (Wildman–Crippen MR) is 67.6 cm³/mol. The molecule has 0 aromatic heterocycles. The van der Waals surface area contributed by atoms with Crippen LogP contribution in [-0.2, 0) is 11.3 Å². The van der Waals surface area contributed by atoms with E-state index in [2.05, 4.69) is 5.32 Å². The number of urea groups is 1. The highest BCUT2D eigenvalue weighted by atomic mass is 19.1. The third-order valence-electron chi connectivity index (χ3n) is 3.28. The van der Waals surface area contributed by atoms with Gasteiger partial charge in [0.1, 0.15) is 5.82 Å². The highest BCUT2D eigenvalue weighted by molar-refractivity contribution is 5.96. The molecule has 3 amide bonds. The quantitative estimate of drug-likeness (QED) is 0.892. The lowest BCUT2D eigenvalue weighted by Crippen LogP contribution is -2.58. The van der Waals surface area contributed by atoms with Crippen LogP contribution in [0.25, 0.3) is 0 Å². The summed E-state index contributed by atoms with van der Waals surface area (Å²) in [5.74, 6) is -0.544. The van der Waals surface area contributed by atoms with Gasteiger partial charge in [0, 0.05) is 26.2 Å². The van der Waals surface area contributed by atoms with Crippen LogP contribution < -0.4 is 5.32 Å². The van der Waals surface area contributed by atoms with Gasteiger partial charge in [-0.3, -0.25) is 15.0 Å². The summed E-state index contributed by atoms with van der Waals surface area (Å²) in [6.07, 6.45) is -0.219. The van der Waals surface area contributed by atoms with Crippen molar-refractivity contribution in [2.45, 2.75) is 19.1 Å². The normalized spacial score (nSPS) is 20.1. The number of hydrogen-bond donors (Lipinski definition) is 1. The number of benzene rings is 1. The highest BCUT2D eigenvalue weighted by Gasteiger charge is 2.33. The van der Waals surface area contributed by atoms with E-state index in [1.165, 1.54) is 18.0 Å². The molecule has 1 N–H and O–H groups in total. The summed E-state index contributed by atoms with van der Waals surface area (Å²) in [6.45, 7) is 0.270.